The summed E-state index contributed by atoms with van der Waals surface area (Å²) in [5, 5.41) is 17.5. The Morgan fingerprint density at radius 1 is 1.32 bits per heavy atom. The van der Waals surface area contributed by atoms with E-state index in [0.29, 0.717) is 40.9 Å². The molecule has 3 rings (SSSR count). The molecule has 37 heavy (non-hydrogen) atoms. The Balaban J connectivity index is 1.47. The molecule has 1 aromatic carbocycles. The number of nitrogens with zero attached hydrogens (tertiary/aromatic N) is 4. The molecule has 10 nitrogen and oxygen atoms in total. The molecule has 0 N–H and O–H groups in total. The molecule has 0 spiro atoms. The number of benzene rings is 1. The molecule has 0 saturated carbocycles. The van der Waals surface area contributed by atoms with Gasteiger partial charge >= 0.3 is 6.16 Å². The summed E-state index contributed by atoms with van der Waals surface area (Å²) in [6.07, 6.45) is 2.25. The first kappa shape index (κ1) is 28.5. The highest BCUT2D eigenvalue weighted by Gasteiger charge is 2.30. The third-order valence-corrected chi connectivity index (χ3v) is 6.38. The lowest BCUT2D eigenvalue weighted by atomic mass is 10.0. The number of carbonyl (C=O) groups excluding carboxylic acids is 1. The second-order valence-electron chi connectivity index (χ2n) is 9.99. The average molecular weight is 535 g/mol. The number of halogens is 1. The average Bonchev–Trinajstić information content (AvgIpc) is 3.26. The topological polar surface area (TPSA) is 109 Å². The number of hydrogen-bond donors (Lipinski definition) is 0. The second-order valence-corrected chi connectivity index (χ2v) is 10.4. The van der Waals surface area contributed by atoms with Crippen LogP contribution in [0.25, 0.3) is 0 Å². The van der Waals surface area contributed by atoms with Gasteiger partial charge in [0, 0.05) is 22.3 Å². The highest BCUT2D eigenvalue weighted by molar-refractivity contribution is 6.30. The molecule has 0 fully saturated rings. The van der Waals surface area contributed by atoms with E-state index in [-0.39, 0.29) is 24.4 Å². The van der Waals surface area contributed by atoms with Gasteiger partial charge in [0.1, 0.15) is 18.8 Å². The van der Waals surface area contributed by atoms with Gasteiger partial charge in [-0.25, -0.2) is 4.79 Å². The zero-order valence-electron chi connectivity index (χ0n) is 22.2. The summed E-state index contributed by atoms with van der Waals surface area (Å²) in [5.41, 5.74) is 2.78. The number of hydrogen-bond acceptors (Lipinski definition) is 8. The van der Waals surface area contributed by atoms with Gasteiger partial charge in [-0.2, -0.15) is 0 Å². The van der Waals surface area contributed by atoms with Crippen LogP contribution in [0, 0.1) is 12.1 Å². The van der Waals surface area contributed by atoms with Crippen molar-refractivity contribution in [1.29, 1.82) is 0 Å². The number of carbonyl (C=O) groups is 1. The summed E-state index contributed by atoms with van der Waals surface area (Å²) < 4.78 is 17.0. The fourth-order valence-corrected chi connectivity index (χ4v) is 3.79. The zero-order valence-corrected chi connectivity index (χ0v) is 22.9. The fourth-order valence-electron chi connectivity index (χ4n) is 3.66. The maximum absolute atomic E-state index is 12.5. The molecule has 0 aliphatic carbocycles. The van der Waals surface area contributed by atoms with Crippen LogP contribution in [0.2, 0.25) is 5.02 Å². The molecule has 0 radical (unpaired) electrons. The lowest BCUT2D eigenvalue weighted by Crippen LogP contribution is -2.42. The first-order chi connectivity index (χ1) is 17.5. The minimum atomic E-state index is -0.792. The predicted octanol–water partition coefficient (Wildman–Crippen LogP) is 6.28. The molecule has 0 saturated heterocycles. The SMILES string of the molecule is Cc1ncc2c(c1OC(=O)O[C@@H](C)CCCCO/N=[N+](\[O-])N(C)C(C)(C)C)CO[C@H]2c1ccc(Cl)cc1. The van der Waals surface area contributed by atoms with Crippen molar-refractivity contribution in [1.82, 2.24) is 9.99 Å². The Hall–Kier alpha value is -3.11. The van der Waals surface area contributed by atoms with E-state index in [1.54, 1.807) is 39.2 Å². The largest absolute Gasteiger partial charge is 0.569 e. The number of aromatic nitrogens is 1. The minimum absolute atomic E-state index is 0.281. The van der Waals surface area contributed by atoms with Crippen molar-refractivity contribution in [2.75, 3.05) is 13.7 Å². The van der Waals surface area contributed by atoms with E-state index in [9.17, 15) is 10.0 Å². The summed E-state index contributed by atoms with van der Waals surface area (Å²) in [6, 6.07) is 7.42. The molecule has 202 valence electrons. The molecular formula is C26H35ClN4O6. The number of rotatable bonds is 10. The predicted molar refractivity (Wildman–Crippen MR) is 137 cm³/mol. The lowest BCUT2D eigenvalue weighted by molar-refractivity contribution is -0.719. The Bertz CT molecular complexity index is 1100. The van der Waals surface area contributed by atoms with Crippen LogP contribution in [0.3, 0.4) is 0 Å². The number of ether oxygens (including phenoxy) is 3. The van der Waals surface area contributed by atoms with Gasteiger partial charge in [-0.05, 0) is 71.6 Å². The quantitative estimate of drug-likeness (QED) is 0.115. The van der Waals surface area contributed by atoms with Crippen molar-refractivity contribution in [3.05, 3.63) is 63.1 Å². The van der Waals surface area contributed by atoms with Crippen LogP contribution in [0.15, 0.2) is 35.7 Å². The number of fused-ring (bicyclic) bond motifs is 1. The Morgan fingerprint density at radius 2 is 2.03 bits per heavy atom. The van der Waals surface area contributed by atoms with Crippen LogP contribution in [0.4, 0.5) is 4.79 Å². The van der Waals surface area contributed by atoms with E-state index >= 15 is 0 Å². The molecule has 0 amide bonds. The van der Waals surface area contributed by atoms with Crippen molar-refractivity contribution in [2.24, 2.45) is 5.28 Å². The first-order valence-corrected chi connectivity index (χ1v) is 12.6. The summed E-state index contributed by atoms with van der Waals surface area (Å²) in [4.78, 5) is 22.4. The molecule has 2 aromatic rings. The van der Waals surface area contributed by atoms with Crippen LogP contribution in [0.1, 0.15) is 75.4 Å². The monoisotopic (exact) mass is 534 g/mol. The maximum Gasteiger partial charge on any atom is 0.514 e. The van der Waals surface area contributed by atoms with E-state index in [1.807, 2.05) is 32.9 Å². The summed E-state index contributed by atoms with van der Waals surface area (Å²) in [5.74, 6) is 0.364. The molecule has 1 aromatic heterocycles. The Labute approximate surface area is 222 Å². The molecule has 1 aliphatic heterocycles. The lowest BCUT2D eigenvalue weighted by Gasteiger charge is -2.26. The van der Waals surface area contributed by atoms with E-state index in [2.05, 4.69) is 10.3 Å². The van der Waals surface area contributed by atoms with Crippen LogP contribution >= 0.6 is 11.6 Å². The van der Waals surface area contributed by atoms with Gasteiger partial charge in [-0.3, -0.25) is 4.98 Å². The van der Waals surface area contributed by atoms with Gasteiger partial charge < -0.3 is 24.3 Å². The molecule has 0 bridgehead atoms. The number of hydrazine groups is 1. The summed E-state index contributed by atoms with van der Waals surface area (Å²) in [7, 11) is 1.64. The van der Waals surface area contributed by atoms with Crippen molar-refractivity contribution in [3.8, 4) is 5.75 Å². The zero-order chi connectivity index (χ0) is 27.2. The van der Waals surface area contributed by atoms with E-state index in [0.717, 1.165) is 23.1 Å². The smallest absolute Gasteiger partial charge is 0.514 e. The number of pyridine rings is 1. The van der Waals surface area contributed by atoms with Gasteiger partial charge in [-0.1, -0.05) is 23.7 Å². The Kier molecular flexibility index (Phi) is 9.56. The molecule has 11 heteroatoms. The Morgan fingerprint density at radius 3 is 2.70 bits per heavy atom. The van der Waals surface area contributed by atoms with Crippen molar-refractivity contribution in [2.45, 2.75) is 78.2 Å². The minimum Gasteiger partial charge on any atom is -0.569 e. The van der Waals surface area contributed by atoms with Crippen LogP contribution in [0.5, 0.6) is 5.75 Å². The van der Waals surface area contributed by atoms with Gasteiger partial charge in [0.15, 0.2) is 5.75 Å². The standard InChI is InChI=1S/C26H35ClN4O6/c1-17(9-7-8-14-35-29-31(33)30(6)26(3,4)5)36-25(32)37-23-18(2)28-15-21-22(23)16-34-24(21)19-10-12-20(27)13-11-19/h10-13,15,17,24H,7-9,14,16H2,1-6H3/b31-29-/t17-,24-/m0/s1. The maximum atomic E-state index is 12.5. The van der Waals surface area contributed by atoms with Crippen LogP contribution in [-0.2, 0) is 20.9 Å². The fraction of sp³-hybridized carbons (Fsp3) is 0.538. The molecular weight excluding hydrogens is 500 g/mol. The summed E-state index contributed by atoms with van der Waals surface area (Å²) in [6.45, 7) is 9.84. The highest BCUT2D eigenvalue weighted by Crippen LogP contribution is 2.41. The normalized spacial score (nSPS) is 16.2. The second kappa shape index (κ2) is 12.4. The van der Waals surface area contributed by atoms with Gasteiger partial charge in [-0.15, -0.1) is 5.01 Å². The van der Waals surface area contributed by atoms with Crippen molar-refractivity contribution >= 4 is 17.8 Å². The van der Waals surface area contributed by atoms with Gasteiger partial charge in [0.2, 0.25) is 5.28 Å². The third kappa shape index (κ3) is 7.69. The van der Waals surface area contributed by atoms with Crippen molar-refractivity contribution in [3.63, 3.8) is 0 Å². The van der Waals surface area contributed by atoms with E-state index in [1.165, 1.54) is 5.01 Å². The van der Waals surface area contributed by atoms with E-state index in [4.69, 9.17) is 30.6 Å². The van der Waals surface area contributed by atoms with Crippen LogP contribution in [-0.4, -0.2) is 46.4 Å². The number of unbranched alkanes of at least 4 members (excludes halogenated alkanes) is 1. The molecule has 2 heterocycles. The summed E-state index contributed by atoms with van der Waals surface area (Å²) >= 11 is 6.00. The van der Waals surface area contributed by atoms with Crippen LogP contribution < -0.4 is 4.74 Å². The number of aryl methyl sites for hydroxylation is 1. The van der Waals surface area contributed by atoms with Gasteiger partial charge in [0.25, 0.3) is 0 Å². The van der Waals surface area contributed by atoms with Crippen molar-refractivity contribution < 1.29 is 28.8 Å². The molecule has 1 aliphatic rings. The van der Waals surface area contributed by atoms with E-state index < -0.39 is 6.16 Å². The highest BCUT2D eigenvalue weighted by atomic mass is 35.5. The molecule has 0 unspecified atom stereocenters. The third-order valence-electron chi connectivity index (χ3n) is 6.13. The first-order valence-electron chi connectivity index (χ1n) is 12.2. The molecule has 2 atom stereocenters. The van der Waals surface area contributed by atoms with Gasteiger partial charge in [0.05, 0.1) is 29.9 Å².